The monoisotopic (exact) mass is 344 g/mol. The van der Waals surface area contributed by atoms with Crippen LogP contribution in [0.25, 0.3) is 0 Å². The first-order chi connectivity index (χ1) is 11.3. The van der Waals surface area contributed by atoms with Gasteiger partial charge in [-0.05, 0) is 37.7 Å². The van der Waals surface area contributed by atoms with Crippen LogP contribution < -0.4 is 10.6 Å². The van der Waals surface area contributed by atoms with E-state index >= 15 is 0 Å². The van der Waals surface area contributed by atoms with Crippen molar-refractivity contribution in [2.24, 2.45) is 4.99 Å². The van der Waals surface area contributed by atoms with Crippen LogP contribution in [0.2, 0.25) is 0 Å². The molecule has 24 heavy (non-hydrogen) atoms. The van der Waals surface area contributed by atoms with Crippen molar-refractivity contribution in [2.75, 3.05) is 26.7 Å². The van der Waals surface area contributed by atoms with Crippen molar-refractivity contribution in [2.45, 2.75) is 39.5 Å². The van der Waals surface area contributed by atoms with Gasteiger partial charge in [-0.3, -0.25) is 9.89 Å². The van der Waals surface area contributed by atoms with Crippen LogP contribution in [-0.2, 0) is 12.7 Å². The van der Waals surface area contributed by atoms with Crippen LogP contribution in [0.3, 0.4) is 0 Å². The molecule has 2 N–H and O–H groups in total. The second-order valence-corrected chi connectivity index (χ2v) is 5.57. The van der Waals surface area contributed by atoms with Gasteiger partial charge in [-0.15, -0.1) is 0 Å². The molecule has 0 bridgehead atoms. The van der Waals surface area contributed by atoms with Crippen LogP contribution >= 0.6 is 0 Å². The maximum atomic E-state index is 12.5. The Hall–Kier alpha value is -1.76. The van der Waals surface area contributed by atoms with Crippen molar-refractivity contribution in [3.63, 3.8) is 0 Å². The van der Waals surface area contributed by atoms with E-state index in [1.165, 1.54) is 12.1 Å². The number of alkyl halides is 3. The zero-order valence-corrected chi connectivity index (χ0v) is 14.7. The van der Waals surface area contributed by atoms with Gasteiger partial charge in [-0.2, -0.15) is 13.2 Å². The fourth-order valence-corrected chi connectivity index (χ4v) is 2.44. The fraction of sp³-hybridized carbons (Fsp3) is 0.588. The Balaban J connectivity index is 2.49. The molecule has 0 aliphatic carbocycles. The van der Waals surface area contributed by atoms with Gasteiger partial charge in [-0.1, -0.05) is 26.0 Å². The number of nitrogens with zero attached hydrogens (tertiary/aromatic N) is 2. The molecule has 0 saturated carbocycles. The average Bonchev–Trinajstić information content (AvgIpc) is 2.55. The molecule has 0 fully saturated rings. The van der Waals surface area contributed by atoms with E-state index in [2.05, 4.69) is 41.3 Å². The maximum absolute atomic E-state index is 12.5. The highest BCUT2D eigenvalue weighted by molar-refractivity contribution is 5.79. The maximum Gasteiger partial charge on any atom is 0.416 e. The molecule has 1 atom stereocenters. The van der Waals surface area contributed by atoms with Crippen molar-refractivity contribution in [3.8, 4) is 0 Å². The van der Waals surface area contributed by atoms with Gasteiger partial charge in [0.25, 0.3) is 0 Å². The molecule has 1 unspecified atom stereocenters. The SMILES string of the molecule is CCN(CC)C(C)CNC(=NC)NCc1ccc(C(F)(F)F)cc1. The number of guanidine groups is 1. The lowest BCUT2D eigenvalue weighted by Crippen LogP contribution is -2.45. The number of rotatable bonds is 7. The van der Waals surface area contributed by atoms with Crippen molar-refractivity contribution in [3.05, 3.63) is 35.4 Å². The Labute approximate surface area is 142 Å². The van der Waals surface area contributed by atoms with Gasteiger partial charge in [0.15, 0.2) is 5.96 Å². The summed E-state index contributed by atoms with van der Waals surface area (Å²) >= 11 is 0. The molecule has 0 aliphatic rings. The molecule has 0 aromatic heterocycles. The van der Waals surface area contributed by atoms with Gasteiger partial charge in [0, 0.05) is 26.2 Å². The highest BCUT2D eigenvalue weighted by Gasteiger charge is 2.29. The summed E-state index contributed by atoms with van der Waals surface area (Å²) in [5.74, 6) is 0.633. The standard InChI is InChI=1S/C17H27F3N4/c1-5-24(6-2)13(3)11-22-16(21-4)23-12-14-7-9-15(10-8-14)17(18,19)20/h7-10,13H,5-6,11-12H2,1-4H3,(H2,21,22,23). The summed E-state index contributed by atoms with van der Waals surface area (Å²) in [6.45, 7) is 9.51. The molecule has 1 aromatic carbocycles. The Bertz CT molecular complexity index is 508. The predicted molar refractivity (Wildman–Crippen MR) is 92.0 cm³/mol. The van der Waals surface area contributed by atoms with E-state index < -0.39 is 11.7 Å². The van der Waals surface area contributed by atoms with Crippen LogP contribution in [0, 0.1) is 0 Å². The Kier molecular flexibility index (Phi) is 8.04. The van der Waals surface area contributed by atoms with Crippen LogP contribution in [0.4, 0.5) is 13.2 Å². The second kappa shape index (κ2) is 9.52. The third-order valence-electron chi connectivity index (χ3n) is 3.97. The van der Waals surface area contributed by atoms with E-state index in [-0.39, 0.29) is 0 Å². The van der Waals surface area contributed by atoms with E-state index in [1.807, 2.05) is 0 Å². The van der Waals surface area contributed by atoms with E-state index in [1.54, 1.807) is 7.05 Å². The number of benzene rings is 1. The van der Waals surface area contributed by atoms with Crippen molar-refractivity contribution in [1.82, 2.24) is 15.5 Å². The topological polar surface area (TPSA) is 39.7 Å². The van der Waals surface area contributed by atoms with Gasteiger partial charge >= 0.3 is 6.18 Å². The van der Waals surface area contributed by atoms with Crippen LogP contribution in [-0.4, -0.2) is 43.6 Å². The van der Waals surface area contributed by atoms with E-state index in [9.17, 15) is 13.2 Å². The molecule has 0 saturated heterocycles. The predicted octanol–water partition coefficient (Wildman–Crippen LogP) is 3.10. The zero-order valence-electron chi connectivity index (χ0n) is 14.7. The van der Waals surface area contributed by atoms with Gasteiger partial charge in [0.05, 0.1) is 5.56 Å². The summed E-state index contributed by atoms with van der Waals surface area (Å²) in [5, 5.41) is 6.35. The van der Waals surface area contributed by atoms with Gasteiger partial charge in [-0.25, -0.2) is 0 Å². The summed E-state index contributed by atoms with van der Waals surface area (Å²) in [5.41, 5.74) is 0.129. The van der Waals surface area contributed by atoms with E-state index in [0.29, 0.717) is 18.5 Å². The summed E-state index contributed by atoms with van der Waals surface area (Å²) in [6, 6.07) is 5.50. The minimum absolute atomic E-state index is 0.365. The van der Waals surface area contributed by atoms with E-state index in [4.69, 9.17) is 0 Å². The third-order valence-corrected chi connectivity index (χ3v) is 3.97. The van der Waals surface area contributed by atoms with Crippen LogP contribution in [0.1, 0.15) is 31.9 Å². The smallest absolute Gasteiger partial charge is 0.355 e. The number of aliphatic imine (C=N–C) groups is 1. The lowest BCUT2D eigenvalue weighted by atomic mass is 10.1. The van der Waals surface area contributed by atoms with Gasteiger partial charge in [0.1, 0.15) is 0 Å². The Morgan fingerprint density at radius 2 is 1.71 bits per heavy atom. The summed E-state index contributed by atoms with van der Waals surface area (Å²) < 4.78 is 37.6. The van der Waals surface area contributed by atoms with Crippen molar-refractivity contribution in [1.29, 1.82) is 0 Å². The number of halogens is 3. The van der Waals surface area contributed by atoms with Crippen LogP contribution in [0.5, 0.6) is 0 Å². The molecule has 1 aromatic rings. The first-order valence-corrected chi connectivity index (χ1v) is 8.16. The number of likely N-dealkylation sites (N-methyl/N-ethyl adjacent to an activating group) is 1. The minimum atomic E-state index is -4.30. The number of hydrogen-bond donors (Lipinski definition) is 2. The van der Waals surface area contributed by atoms with Gasteiger partial charge < -0.3 is 10.6 Å². The van der Waals surface area contributed by atoms with Crippen molar-refractivity contribution < 1.29 is 13.2 Å². The second-order valence-electron chi connectivity index (χ2n) is 5.57. The Morgan fingerprint density at radius 3 is 2.17 bits per heavy atom. The molecule has 136 valence electrons. The molecule has 1 rings (SSSR count). The molecular formula is C17H27F3N4. The van der Waals surface area contributed by atoms with Crippen LogP contribution in [0.15, 0.2) is 29.3 Å². The largest absolute Gasteiger partial charge is 0.416 e. The van der Waals surface area contributed by atoms with Gasteiger partial charge in [0.2, 0.25) is 0 Å². The average molecular weight is 344 g/mol. The first kappa shape index (κ1) is 20.3. The molecule has 4 nitrogen and oxygen atoms in total. The highest BCUT2D eigenvalue weighted by Crippen LogP contribution is 2.28. The highest BCUT2D eigenvalue weighted by atomic mass is 19.4. The molecule has 0 amide bonds. The fourth-order valence-electron chi connectivity index (χ4n) is 2.44. The molecular weight excluding hydrogens is 317 g/mol. The third kappa shape index (κ3) is 6.39. The molecule has 0 radical (unpaired) electrons. The summed E-state index contributed by atoms with van der Waals surface area (Å²) in [7, 11) is 1.67. The quantitative estimate of drug-likeness (QED) is 0.590. The number of hydrogen-bond acceptors (Lipinski definition) is 2. The minimum Gasteiger partial charge on any atom is -0.355 e. The van der Waals surface area contributed by atoms with Crippen molar-refractivity contribution >= 4 is 5.96 Å². The molecule has 0 aliphatic heterocycles. The molecule has 0 heterocycles. The summed E-state index contributed by atoms with van der Waals surface area (Å²) in [6.07, 6.45) is -4.30. The normalized spacial score (nSPS) is 13.9. The lowest BCUT2D eigenvalue weighted by Gasteiger charge is -2.27. The first-order valence-electron chi connectivity index (χ1n) is 8.16. The lowest BCUT2D eigenvalue weighted by molar-refractivity contribution is -0.137. The van der Waals surface area contributed by atoms with E-state index in [0.717, 1.165) is 37.3 Å². The zero-order chi connectivity index (χ0) is 18.2. The summed E-state index contributed by atoms with van der Waals surface area (Å²) in [4.78, 5) is 6.47. The molecule has 0 spiro atoms. The number of nitrogens with one attached hydrogen (secondary N) is 2. The Morgan fingerprint density at radius 1 is 1.12 bits per heavy atom. The molecule has 7 heteroatoms.